The molecule has 0 amide bonds. The van der Waals surface area contributed by atoms with Gasteiger partial charge in [0.25, 0.3) is 0 Å². The largest absolute Gasteiger partial charge is 0.472 e. The Balaban J connectivity index is 4.58. The zero-order chi connectivity index (χ0) is 80.8. The van der Waals surface area contributed by atoms with E-state index in [9.17, 15) is 43.5 Å². The molecule has 4 N–H and O–H groups in total. The summed E-state index contributed by atoms with van der Waals surface area (Å²) < 4.78 is 61.2. The van der Waals surface area contributed by atoms with Crippen LogP contribution in [0.15, 0.2) is 207 Å². The molecule has 0 aromatic carbocycles. The number of allylic oxidation sites excluding steroid dienone is 34. The van der Waals surface area contributed by atoms with Crippen molar-refractivity contribution in [2.45, 2.75) is 322 Å². The summed E-state index contributed by atoms with van der Waals surface area (Å²) in [6.07, 6.45) is 112. The van der Waals surface area contributed by atoms with E-state index in [0.29, 0.717) is 25.7 Å². The lowest BCUT2D eigenvalue weighted by Crippen LogP contribution is -2.30. The molecule has 111 heavy (non-hydrogen) atoms. The molecule has 16 nitrogen and oxygen atoms in total. The maximum Gasteiger partial charge on any atom is 0.472 e. The summed E-state index contributed by atoms with van der Waals surface area (Å²) in [6.45, 7) is 2.24. The Hall–Kier alpha value is -5.87. The number of phosphoric acid groups is 2. The van der Waals surface area contributed by atoms with Gasteiger partial charge in [0.1, 0.15) is 25.4 Å². The molecule has 0 aromatic rings. The smallest absolute Gasteiger partial charge is 0.463 e. The third-order valence-electron chi connectivity index (χ3n) is 17.0. The first-order valence-electron chi connectivity index (χ1n) is 42.4. The highest BCUT2D eigenvalue weighted by Crippen LogP contribution is 2.45. The average Bonchev–Trinajstić information content (AvgIpc) is 0.901. The topological polar surface area (TPSA) is 231 Å². The van der Waals surface area contributed by atoms with Crippen molar-refractivity contribution in [1.29, 1.82) is 0 Å². The van der Waals surface area contributed by atoms with E-state index in [4.69, 9.17) is 32.3 Å². The number of carbonyl (C=O) groups is 3. The Bertz CT molecular complexity index is 2850. The Morgan fingerprint density at radius 2 is 0.459 bits per heavy atom. The summed E-state index contributed by atoms with van der Waals surface area (Å²) in [6, 6.07) is 0. The molecule has 0 radical (unpaired) electrons. The third-order valence-corrected chi connectivity index (χ3v) is 18.9. The molecule has 0 aliphatic rings. The van der Waals surface area contributed by atoms with Gasteiger partial charge in [-0.2, -0.15) is 0 Å². The minimum Gasteiger partial charge on any atom is -0.463 e. The Morgan fingerprint density at radius 1 is 0.252 bits per heavy atom. The number of aliphatic hydroxyl groups is 2. The molecule has 0 spiro atoms. The van der Waals surface area contributed by atoms with Crippen LogP contribution in [0, 0.1) is 0 Å². The van der Waals surface area contributed by atoms with Crippen molar-refractivity contribution in [3.8, 4) is 0 Å². The molecule has 0 aromatic heterocycles. The number of esters is 3. The summed E-state index contributed by atoms with van der Waals surface area (Å²) in [5, 5.41) is 20.7. The standard InChI is InChI=1S/C93H150O16P2/c1-4-7-10-13-16-19-22-25-28-31-33-35-37-39-40-41-42-43-44-45-46-48-50-51-53-56-58-61-64-67-70-73-76-79-91(96)103-82-88(94)83-105-110(99,100)106-84-89(95)85-107-111(101,102)108-87-90(109-93(98)81-78-75-72-69-66-63-60-55-30-27-24-21-18-15-12-9-6-3)86-104-92(97)80-77-74-71-68-65-62-59-57-54-52-49-47-38-36-34-32-29-26-23-20-17-14-11-8-5-2/h7-12,16-21,25-30,33-36,39-40,42-43,47,49,54,57,60,63,69,72,88-90,94-95H,4-6,13-15,22-24,31-32,37-38,41,44-46,48,50-53,55-56,58-59,61-62,64-68,70-71,73-87H2,1-3H3,(H,99,100)(H,101,102)/b10-7-,11-8-,12-9-,19-16-,20-17-,21-18-,28-25-,29-26-,30-27-,35-33-,36-34-,40-39-,43-42-,49-47-,57-54-,63-60-,72-69-. The van der Waals surface area contributed by atoms with Crippen molar-refractivity contribution < 1.29 is 75.8 Å². The minimum absolute atomic E-state index is 0.0149. The second-order valence-corrected chi connectivity index (χ2v) is 30.4. The van der Waals surface area contributed by atoms with Crippen molar-refractivity contribution in [3.63, 3.8) is 0 Å². The molecule has 0 saturated carbocycles. The Labute approximate surface area is 673 Å². The fourth-order valence-corrected chi connectivity index (χ4v) is 12.3. The third kappa shape index (κ3) is 84.9. The Kier molecular flexibility index (Phi) is 79.1. The highest BCUT2D eigenvalue weighted by Gasteiger charge is 2.29. The number of hydrogen-bond donors (Lipinski definition) is 4. The van der Waals surface area contributed by atoms with Gasteiger partial charge in [-0.15, -0.1) is 0 Å². The molecule has 0 aliphatic carbocycles. The quantitative estimate of drug-likeness (QED) is 0.0146. The number of unbranched alkanes of at least 4 members (excludes halogenated alkanes) is 21. The van der Waals surface area contributed by atoms with Crippen LogP contribution in [0.5, 0.6) is 0 Å². The SMILES string of the molecule is CC/C=C\C/C=C\C/C=C\C/C=C\C/C=C\C/C=C\CCCCCCCCCCCCCCCCC(=O)OCC(O)COP(=O)(O)OCC(O)COP(=O)(O)OCC(COC(=O)CCCCCCCC/C=C\C/C=C\C/C=C\C/C=C\C/C=C\C/C=C\CC)OC(=O)CCC/C=C\C/C=C\C/C=C\C/C=C\C/C=C\CC. The maximum absolute atomic E-state index is 13.0. The van der Waals surface area contributed by atoms with Gasteiger partial charge in [-0.1, -0.05) is 330 Å². The van der Waals surface area contributed by atoms with Gasteiger partial charge in [0.2, 0.25) is 0 Å². The highest BCUT2D eigenvalue weighted by atomic mass is 31.2. The van der Waals surface area contributed by atoms with Crippen LogP contribution >= 0.6 is 15.6 Å². The monoisotopic (exact) mass is 1590 g/mol. The summed E-state index contributed by atoms with van der Waals surface area (Å²) >= 11 is 0. The predicted molar refractivity (Wildman–Crippen MR) is 463 cm³/mol. The van der Waals surface area contributed by atoms with Gasteiger partial charge < -0.3 is 34.2 Å². The second-order valence-electron chi connectivity index (χ2n) is 27.5. The van der Waals surface area contributed by atoms with Crippen LogP contribution in [0.25, 0.3) is 0 Å². The van der Waals surface area contributed by atoms with Gasteiger partial charge in [-0.3, -0.25) is 32.5 Å². The molecule has 0 saturated heterocycles. The number of ether oxygens (including phenoxy) is 3. The van der Waals surface area contributed by atoms with E-state index in [1.807, 2.05) is 12.2 Å². The predicted octanol–water partition coefficient (Wildman–Crippen LogP) is 25.7. The van der Waals surface area contributed by atoms with Gasteiger partial charge in [0.05, 0.1) is 26.4 Å². The van der Waals surface area contributed by atoms with Crippen LogP contribution in [0.1, 0.15) is 303 Å². The van der Waals surface area contributed by atoms with Gasteiger partial charge in [-0.05, 0) is 161 Å². The van der Waals surface area contributed by atoms with Crippen molar-refractivity contribution in [2.24, 2.45) is 0 Å². The van der Waals surface area contributed by atoms with Gasteiger partial charge >= 0.3 is 33.6 Å². The molecule has 628 valence electrons. The van der Waals surface area contributed by atoms with Crippen LogP contribution < -0.4 is 0 Å². The number of phosphoric ester groups is 2. The molecule has 5 atom stereocenters. The zero-order valence-electron chi connectivity index (χ0n) is 68.8. The van der Waals surface area contributed by atoms with E-state index in [-0.39, 0.29) is 19.3 Å². The molecule has 0 rings (SSSR count). The first-order valence-corrected chi connectivity index (χ1v) is 45.4. The molecule has 0 heterocycles. The average molecular weight is 1590 g/mol. The lowest BCUT2D eigenvalue weighted by Gasteiger charge is -2.21. The molecule has 0 bridgehead atoms. The van der Waals surface area contributed by atoms with E-state index in [2.05, 4.69) is 215 Å². The molecular weight excluding hydrogens is 1430 g/mol. The fraction of sp³-hybridized carbons (Fsp3) is 0.602. The highest BCUT2D eigenvalue weighted by molar-refractivity contribution is 7.47. The minimum atomic E-state index is -4.96. The van der Waals surface area contributed by atoms with Crippen LogP contribution in [0.4, 0.5) is 0 Å². The summed E-state index contributed by atoms with van der Waals surface area (Å²) in [5.41, 5.74) is 0. The van der Waals surface area contributed by atoms with Crippen LogP contribution in [-0.4, -0.2) is 95.9 Å². The van der Waals surface area contributed by atoms with Crippen molar-refractivity contribution in [3.05, 3.63) is 207 Å². The fourth-order valence-electron chi connectivity index (χ4n) is 10.7. The van der Waals surface area contributed by atoms with Crippen LogP contribution in [0.2, 0.25) is 0 Å². The first kappa shape index (κ1) is 105. The maximum atomic E-state index is 13.0. The molecule has 18 heteroatoms. The summed E-state index contributed by atoms with van der Waals surface area (Å²) in [7, 11) is -9.84. The lowest BCUT2D eigenvalue weighted by atomic mass is 10.0. The van der Waals surface area contributed by atoms with Gasteiger partial charge in [0.15, 0.2) is 6.10 Å². The summed E-state index contributed by atoms with van der Waals surface area (Å²) in [4.78, 5) is 58.8. The van der Waals surface area contributed by atoms with E-state index in [1.165, 1.54) is 64.2 Å². The van der Waals surface area contributed by atoms with E-state index in [0.717, 1.165) is 173 Å². The van der Waals surface area contributed by atoms with E-state index >= 15 is 0 Å². The van der Waals surface area contributed by atoms with Gasteiger partial charge in [0, 0.05) is 19.3 Å². The van der Waals surface area contributed by atoms with Crippen LogP contribution in [0.3, 0.4) is 0 Å². The molecule has 5 unspecified atom stereocenters. The molecule has 0 fully saturated rings. The number of aliphatic hydroxyl groups excluding tert-OH is 2. The number of carbonyl (C=O) groups excluding carboxylic acids is 3. The second kappa shape index (κ2) is 83.6. The summed E-state index contributed by atoms with van der Waals surface area (Å²) in [5.74, 6) is -1.67. The Morgan fingerprint density at radius 3 is 0.739 bits per heavy atom. The normalized spacial score (nSPS) is 14.9. The molecule has 0 aliphatic heterocycles. The van der Waals surface area contributed by atoms with Crippen molar-refractivity contribution in [1.82, 2.24) is 0 Å². The van der Waals surface area contributed by atoms with Crippen LogP contribution in [-0.2, 0) is 55.8 Å². The zero-order valence-corrected chi connectivity index (χ0v) is 70.6. The number of hydrogen-bond acceptors (Lipinski definition) is 14. The first-order chi connectivity index (χ1) is 54.2. The van der Waals surface area contributed by atoms with E-state index in [1.54, 1.807) is 0 Å². The van der Waals surface area contributed by atoms with Gasteiger partial charge in [-0.25, -0.2) is 9.13 Å². The van der Waals surface area contributed by atoms with E-state index < -0.39 is 91.5 Å². The van der Waals surface area contributed by atoms with Crippen molar-refractivity contribution >= 4 is 33.6 Å². The lowest BCUT2D eigenvalue weighted by molar-refractivity contribution is -0.161. The van der Waals surface area contributed by atoms with Crippen molar-refractivity contribution in [2.75, 3.05) is 39.6 Å². The molecular formula is C93H150O16P2. The number of rotatable bonds is 78.